The monoisotopic (exact) mass is 415 g/mol. The van der Waals surface area contributed by atoms with E-state index in [4.69, 9.17) is 21.1 Å². The number of aromatic nitrogens is 2. The summed E-state index contributed by atoms with van der Waals surface area (Å²) >= 11 is 6.56. The lowest BCUT2D eigenvalue weighted by Gasteiger charge is -2.24. The minimum absolute atomic E-state index is 0.155. The number of hydrogen-bond acceptors (Lipinski definition) is 7. The van der Waals surface area contributed by atoms with Gasteiger partial charge < -0.3 is 19.7 Å². The lowest BCUT2D eigenvalue weighted by Crippen LogP contribution is -2.24. The molecule has 2 heterocycles. The van der Waals surface area contributed by atoms with Crippen LogP contribution in [0.25, 0.3) is 0 Å². The number of anilines is 3. The fourth-order valence-corrected chi connectivity index (χ4v) is 3.92. The first kappa shape index (κ1) is 21.2. The van der Waals surface area contributed by atoms with Gasteiger partial charge in [0.25, 0.3) is 0 Å². The Morgan fingerprint density at radius 2 is 2.14 bits per heavy atom. The van der Waals surface area contributed by atoms with Crippen LogP contribution in [0.5, 0.6) is 5.75 Å². The highest BCUT2D eigenvalue weighted by Crippen LogP contribution is 2.43. The van der Waals surface area contributed by atoms with Crippen molar-refractivity contribution in [3.63, 3.8) is 0 Å². The van der Waals surface area contributed by atoms with Gasteiger partial charge in [-0.15, -0.1) is 0 Å². The molecular weight excluding hydrogens is 390 g/mol. The quantitative estimate of drug-likeness (QED) is 0.690. The van der Waals surface area contributed by atoms with Crippen LogP contribution in [-0.4, -0.2) is 43.4 Å². The van der Waals surface area contributed by atoms with Crippen LogP contribution in [0.3, 0.4) is 0 Å². The number of ether oxygens (including phenoxy) is 2. The third-order valence-corrected chi connectivity index (χ3v) is 5.39. The molecular formula is C21H26ClN5O2. The van der Waals surface area contributed by atoms with Gasteiger partial charge in [0, 0.05) is 32.4 Å². The van der Waals surface area contributed by atoms with Crippen LogP contribution in [0.15, 0.2) is 12.1 Å². The zero-order valence-corrected chi connectivity index (χ0v) is 18.0. The number of halogens is 1. The number of nitriles is 1. The van der Waals surface area contributed by atoms with Gasteiger partial charge in [-0.05, 0) is 37.8 Å². The summed E-state index contributed by atoms with van der Waals surface area (Å²) in [6.45, 7) is 5.26. The number of benzene rings is 1. The van der Waals surface area contributed by atoms with E-state index in [0.29, 0.717) is 41.2 Å². The number of methoxy groups -OCH3 is 2. The van der Waals surface area contributed by atoms with Gasteiger partial charge in [-0.1, -0.05) is 18.5 Å². The summed E-state index contributed by atoms with van der Waals surface area (Å²) in [4.78, 5) is 11.1. The molecule has 3 rings (SSSR count). The van der Waals surface area contributed by atoms with Crippen molar-refractivity contribution in [2.24, 2.45) is 0 Å². The molecule has 0 saturated heterocycles. The van der Waals surface area contributed by atoms with Gasteiger partial charge >= 0.3 is 0 Å². The first-order valence-corrected chi connectivity index (χ1v) is 10.1. The van der Waals surface area contributed by atoms with E-state index in [2.05, 4.69) is 28.3 Å². The number of aryl methyl sites for hydroxylation is 1. The van der Waals surface area contributed by atoms with Gasteiger partial charge in [-0.25, -0.2) is 9.97 Å². The first-order chi connectivity index (χ1) is 14.0. The zero-order valence-electron chi connectivity index (χ0n) is 17.3. The Kier molecular flexibility index (Phi) is 6.78. The topological polar surface area (TPSA) is 83.3 Å². The minimum atomic E-state index is 0.155. The summed E-state index contributed by atoms with van der Waals surface area (Å²) in [7, 11) is 3.31. The van der Waals surface area contributed by atoms with E-state index in [-0.39, 0.29) is 6.04 Å². The standard InChI is InChI=1S/C21H26ClN5O2/c1-5-15(7-9-28-3)26-20-17(12-23)21(25-13(2)24-20)27-8-6-14-10-16(29-4)11-18(22)19(14)27/h10-11,15H,5-9H2,1-4H3,(H,24,25,26). The number of nitrogens with one attached hydrogen (secondary N) is 1. The number of fused-ring (bicyclic) bond motifs is 1. The molecule has 1 aliphatic rings. The molecule has 0 radical (unpaired) electrons. The molecule has 1 N–H and O–H groups in total. The van der Waals surface area contributed by atoms with Gasteiger partial charge in [-0.2, -0.15) is 5.26 Å². The van der Waals surface area contributed by atoms with Crippen molar-refractivity contribution in [3.05, 3.63) is 34.1 Å². The molecule has 29 heavy (non-hydrogen) atoms. The highest BCUT2D eigenvalue weighted by molar-refractivity contribution is 6.34. The molecule has 1 aromatic carbocycles. The maximum atomic E-state index is 9.94. The van der Waals surface area contributed by atoms with E-state index in [1.54, 1.807) is 20.3 Å². The van der Waals surface area contributed by atoms with Crippen LogP contribution in [0, 0.1) is 18.3 Å². The van der Waals surface area contributed by atoms with Crippen LogP contribution >= 0.6 is 11.6 Å². The third kappa shape index (κ3) is 4.39. The second kappa shape index (κ2) is 9.29. The summed E-state index contributed by atoms with van der Waals surface area (Å²) < 4.78 is 10.5. The maximum absolute atomic E-state index is 9.94. The molecule has 0 aliphatic carbocycles. The number of nitrogens with zero attached hydrogens (tertiary/aromatic N) is 4. The summed E-state index contributed by atoms with van der Waals surface area (Å²) in [5, 5.41) is 13.9. The summed E-state index contributed by atoms with van der Waals surface area (Å²) in [5.74, 6) is 2.45. The van der Waals surface area contributed by atoms with E-state index in [1.165, 1.54) is 0 Å². The van der Waals surface area contributed by atoms with Crippen molar-refractivity contribution < 1.29 is 9.47 Å². The van der Waals surface area contributed by atoms with Gasteiger partial charge in [0.1, 0.15) is 29.0 Å². The Hall–Kier alpha value is -2.56. The van der Waals surface area contributed by atoms with E-state index < -0.39 is 0 Å². The Labute approximate surface area is 176 Å². The van der Waals surface area contributed by atoms with Crippen molar-refractivity contribution in [1.82, 2.24) is 9.97 Å². The average Bonchev–Trinajstić information content (AvgIpc) is 3.15. The van der Waals surface area contributed by atoms with Crippen LogP contribution in [0.1, 0.15) is 36.7 Å². The van der Waals surface area contributed by atoms with Crippen LogP contribution in [0.2, 0.25) is 5.02 Å². The second-order valence-corrected chi connectivity index (χ2v) is 7.39. The SMILES string of the molecule is CCC(CCOC)Nc1nc(C)nc(N2CCc3cc(OC)cc(Cl)c32)c1C#N. The molecule has 1 unspecified atom stereocenters. The smallest absolute Gasteiger partial charge is 0.157 e. The summed E-state index contributed by atoms with van der Waals surface area (Å²) in [6.07, 6.45) is 2.52. The Balaban J connectivity index is 2.02. The molecule has 154 valence electrons. The van der Waals surface area contributed by atoms with Gasteiger partial charge in [0.2, 0.25) is 0 Å². The first-order valence-electron chi connectivity index (χ1n) is 9.70. The fraction of sp³-hybridized carbons (Fsp3) is 0.476. The maximum Gasteiger partial charge on any atom is 0.157 e. The van der Waals surface area contributed by atoms with Crippen molar-refractivity contribution in [1.29, 1.82) is 5.26 Å². The van der Waals surface area contributed by atoms with E-state index in [9.17, 15) is 5.26 Å². The molecule has 0 bridgehead atoms. The molecule has 0 fully saturated rings. The number of hydrogen-bond donors (Lipinski definition) is 1. The summed E-state index contributed by atoms with van der Waals surface area (Å²) in [6, 6.07) is 6.23. The molecule has 0 amide bonds. The van der Waals surface area contributed by atoms with E-state index in [0.717, 1.165) is 36.3 Å². The van der Waals surface area contributed by atoms with Crippen molar-refractivity contribution in [2.75, 3.05) is 37.6 Å². The lowest BCUT2D eigenvalue weighted by atomic mass is 10.1. The second-order valence-electron chi connectivity index (χ2n) is 6.98. The third-order valence-electron chi connectivity index (χ3n) is 5.10. The molecule has 1 atom stereocenters. The van der Waals surface area contributed by atoms with Crippen molar-refractivity contribution in [2.45, 2.75) is 39.2 Å². The van der Waals surface area contributed by atoms with Crippen LogP contribution in [-0.2, 0) is 11.2 Å². The lowest BCUT2D eigenvalue weighted by molar-refractivity contribution is 0.189. The molecule has 0 saturated carbocycles. The molecule has 8 heteroatoms. The predicted molar refractivity (Wildman–Crippen MR) is 114 cm³/mol. The van der Waals surface area contributed by atoms with Crippen LogP contribution < -0.4 is 15.0 Å². The van der Waals surface area contributed by atoms with Gasteiger partial charge in [-0.3, -0.25) is 0 Å². The normalized spacial score (nSPS) is 13.7. The van der Waals surface area contributed by atoms with E-state index in [1.807, 2.05) is 17.9 Å². The van der Waals surface area contributed by atoms with Crippen LogP contribution in [0.4, 0.5) is 17.3 Å². The van der Waals surface area contributed by atoms with Gasteiger partial charge in [0.15, 0.2) is 5.82 Å². The minimum Gasteiger partial charge on any atom is -0.497 e. The largest absolute Gasteiger partial charge is 0.497 e. The Morgan fingerprint density at radius 1 is 1.34 bits per heavy atom. The number of rotatable bonds is 8. The molecule has 1 aromatic heterocycles. The van der Waals surface area contributed by atoms with Crippen molar-refractivity contribution in [3.8, 4) is 11.8 Å². The van der Waals surface area contributed by atoms with Crippen molar-refractivity contribution >= 4 is 28.9 Å². The Bertz CT molecular complexity index is 928. The van der Waals surface area contributed by atoms with E-state index >= 15 is 0 Å². The predicted octanol–water partition coefficient (Wildman–Crippen LogP) is 4.24. The molecule has 2 aromatic rings. The zero-order chi connectivity index (χ0) is 21.0. The highest BCUT2D eigenvalue weighted by atomic mass is 35.5. The Morgan fingerprint density at radius 3 is 2.79 bits per heavy atom. The molecule has 7 nitrogen and oxygen atoms in total. The van der Waals surface area contributed by atoms with Gasteiger partial charge in [0.05, 0.1) is 17.8 Å². The molecule has 0 spiro atoms. The summed E-state index contributed by atoms with van der Waals surface area (Å²) in [5.41, 5.74) is 2.38. The highest BCUT2D eigenvalue weighted by Gasteiger charge is 2.29. The fourth-order valence-electron chi connectivity index (χ4n) is 3.59. The average molecular weight is 416 g/mol. The molecule has 1 aliphatic heterocycles.